The van der Waals surface area contributed by atoms with Crippen LogP contribution in [0.5, 0.6) is 0 Å². The molecule has 1 aliphatic carbocycles. The van der Waals surface area contributed by atoms with Crippen LogP contribution in [0.25, 0.3) is 0 Å². The van der Waals surface area contributed by atoms with Gasteiger partial charge in [0.15, 0.2) is 0 Å². The van der Waals surface area contributed by atoms with E-state index in [0.29, 0.717) is 24.8 Å². The van der Waals surface area contributed by atoms with Gasteiger partial charge in [0.25, 0.3) is 0 Å². The van der Waals surface area contributed by atoms with Crippen LogP contribution in [-0.4, -0.2) is 65.1 Å². The molecular weight excluding hydrogens is 568 g/mol. The molecule has 0 heterocycles. The minimum atomic E-state index is -4.49. The highest BCUT2D eigenvalue weighted by molar-refractivity contribution is 6.58. The largest absolute Gasteiger partial charge is 0.488 e. The molecule has 11 N–H and O–H groups in total. The van der Waals surface area contributed by atoms with E-state index in [1.807, 2.05) is 0 Å². The summed E-state index contributed by atoms with van der Waals surface area (Å²) in [6.45, 7) is 0. The number of nitrogens with two attached hydrogens (primary N) is 3. The van der Waals surface area contributed by atoms with Crippen LogP contribution in [0.2, 0.25) is 0 Å². The number of carbonyl (C=O) groups excluding carboxylic acids is 3. The Morgan fingerprint density at radius 3 is 2.21 bits per heavy atom. The normalized spacial score (nSPS) is 20.0. The Balaban J connectivity index is 1.62. The molecule has 0 unspecified atom stereocenters. The van der Waals surface area contributed by atoms with Crippen molar-refractivity contribution >= 4 is 36.0 Å². The monoisotopic (exact) mass is 606 g/mol. The SMILES string of the molecule is N[C@@H]1C[C@H](N)C[C@H](NC(=O)CC[C@H](N)C(=O)N[C@H](CCc2ccc(C(F)(F)F)cc2)C(=O)Nc2cccc(B(O)O)c2)C1. The molecule has 0 saturated heterocycles. The van der Waals surface area contributed by atoms with Gasteiger partial charge < -0.3 is 43.2 Å². The van der Waals surface area contributed by atoms with E-state index in [0.717, 1.165) is 12.1 Å². The summed E-state index contributed by atoms with van der Waals surface area (Å²) >= 11 is 0. The topological polar surface area (TPSA) is 206 Å². The average Bonchev–Trinajstić information content (AvgIpc) is 2.93. The zero-order chi connectivity index (χ0) is 31.7. The molecule has 1 aliphatic rings. The lowest BCUT2D eigenvalue weighted by molar-refractivity contribution is -0.137. The quantitative estimate of drug-likeness (QED) is 0.153. The molecule has 3 rings (SSSR count). The summed E-state index contributed by atoms with van der Waals surface area (Å²) in [6, 6.07) is 7.58. The number of halogens is 3. The maximum Gasteiger partial charge on any atom is 0.488 e. The van der Waals surface area contributed by atoms with Gasteiger partial charge in [0, 0.05) is 30.2 Å². The number of alkyl halides is 3. The van der Waals surface area contributed by atoms with Gasteiger partial charge in [-0.15, -0.1) is 0 Å². The van der Waals surface area contributed by atoms with Gasteiger partial charge in [-0.25, -0.2) is 0 Å². The van der Waals surface area contributed by atoms with Crippen LogP contribution in [-0.2, 0) is 27.0 Å². The molecule has 43 heavy (non-hydrogen) atoms. The number of hydrogen-bond donors (Lipinski definition) is 8. The molecule has 1 fully saturated rings. The first-order valence-corrected chi connectivity index (χ1v) is 14.0. The summed E-state index contributed by atoms with van der Waals surface area (Å²) in [5.74, 6) is -1.65. The second-order valence-electron chi connectivity index (χ2n) is 10.9. The molecule has 11 nitrogen and oxygen atoms in total. The van der Waals surface area contributed by atoms with Gasteiger partial charge in [-0.05, 0) is 73.8 Å². The molecule has 0 radical (unpaired) electrons. The maximum absolute atomic E-state index is 13.2. The molecule has 5 atom stereocenters. The van der Waals surface area contributed by atoms with Gasteiger partial charge in [-0.3, -0.25) is 14.4 Å². The van der Waals surface area contributed by atoms with Crippen LogP contribution >= 0.6 is 0 Å². The number of anilines is 1. The summed E-state index contributed by atoms with van der Waals surface area (Å²) in [5, 5.41) is 26.9. The highest BCUT2D eigenvalue weighted by Gasteiger charge is 2.30. The van der Waals surface area contributed by atoms with Crippen LogP contribution in [0.15, 0.2) is 48.5 Å². The zero-order valence-corrected chi connectivity index (χ0v) is 23.5. The van der Waals surface area contributed by atoms with Crippen molar-refractivity contribution in [2.24, 2.45) is 17.2 Å². The van der Waals surface area contributed by atoms with E-state index in [1.165, 1.54) is 36.4 Å². The van der Waals surface area contributed by atoms with Crippen LogP contribution in [0, 0.1) is 0 Å². The highest BCUT2D eigenvalue weighted by atomic mass is 19.4. The van der Waals surface area contributed by atoms with Crippen molar-refractivity contribution in [1.82, 2.24) is 10.6 Å². The predicted molar refractivity (Wildman–Crippen MR) is 156 cm³/mol. The van der Waals surface area contributed by atoms with Crippen molar-refractivity contribution in [3.05, 3.63) is 59.7 Å². The molecule has 2 aromatic rings. The van der Waals surface area contributed by atoms with E-state index in [-0.39, 0.29) is 60.9 Å². The van der Waals surface area contributed by atoms with E-state index in [2.05, 4.69) is 16.0 Å². The molecule has 0 bridgehead atoms. The van der Waals surface area contributed by atoms with Crippen molar-refractivity contribution in [2.75, 3.05) is 5.32 Å². The van der Waals surface area contributed by atoms with Crippen molar-refractivity contribution in [3.8, 4) is 0 Å². The smallest absolute Gasteiger partial charge is 0.423 e. The minimum Gasteiger partial charge on any atom is -0.423 e. The molecule has 234 valence electrons. The van der Waals surface area contributed by atoms with Crippen molar-refractivity contribution < 1.29 is 37.6 Å². The second-order valence-corrected chi connectivity index (χ2v) is 10.9. The Morgan fingerprint density at radius 2 is 1.60 bits per heavy atom. The third-order valence-electron chi connectivity index (χ3n) is 7.25. The first-order valence-electron chi connectivity index (χ1n) is 14.0. The number of benzene rings is 2. The summed E-state index contributed by atoms with van der Waals surface area (Å²) in [4.78, 5) is 38.6. The summed E-state index contributed by atoms with van der Waals surface area (Å²) in [6.07, 6.45) is -2.51. The van der Waals surface area contributed by atoms with Gasteiger partial charge in [0.1, 0.15) is 6.04 Å². The van der Waals surface area contributed by atoms with Gasteiger partial charge in [-0.1, -0.05) is 24.3 Å². The number of nitrogens with one attached hydrogen (secondary N) is 3. The second kappa shape index (κ2) is 15.3. The molecule has 0 aliphatic heterocycles. The van der Waals surface area contributed by atoms with Crippen LogP contribution in [0.1, 0.15) is 49.7 Å². The molecule has 0 spiro atoms. The molecule has 0 aromatic heterocycles. The summed E-state index contributed by atoms with van der Waals surface area (Å²) in [5.41, 5.74) is 18.0. The van der Waals surface area contributed by atoms with Gasteiger partial charge in [0.2, 0.25) is 17.7 Å². The number of rotatable bonds is 12. The molecule has 2 aromatic carbocycles. The standard InChI is InChI=1S/C28H38BF3N6O5/c30-28(31,32)17-7-4-16(5-8-17)6-10-24(27(41)37-21-3-1-2-18(12-21)29(42)43)38-26(40)23(35)9-11-25(39)36-22-14-19(33)13-20(34)15-22/h1-5,7-8,12,19-20,22-24,42-43H,6,9-11,13-15,33-35H2,(H,36,39)(H,37,41)(H,38,40)/t19-,20+,22-,23-,24+/m0/s1. The Labute approximate surface area is 247 Å². The fourth-order valence-electron chi connectivity index (χ4n) is 4.97. The lowest BCUT2D eigenvalue weighted by Gasteiger charge is -2.31. The lowest BCUT2D eigenvalue weighted by Crippen LogP contribution is -2.51. The summed E-state index contributed by atoms with van der Waals surface area (Å²) in [7, 11) is -1.77. The molecule has 15 heteroatoms. The fourth-order valence-corrected chi connectivity index (χ4v) is 4.97. The third-order valence-corrected chi connectivity index (χ3v) is 7.25. The van der Waals surface area contributed by atoms with E-state index >= 15 is 0 Å². The first-order chi connectivity index (χ1) is 20.2. The molecule has 1 saturated carbocycles. The summed E-state index contributed by atoms with van der Waals surface area (Å²) < 4.78 is 38.8. The third kappa shape index (κ3) is 10.9. The lowest BCUT2D eigenvalue weighted by atomic mass is 9.80. The van der Waals surface area contributed by atoms with Crippen LogP contribution in [0.3, 0.4) is 0 Å². The van der Waals surface area contributed by atoms with Gasteiger partial charge in [-0.2, -0.15) is 13.2 Å². The Kier molecular flexibility index (Phi) is 12.1. The number of carbonyl (C=O) groups is 3. The first kappa shape index (κ1) is 34.0. The van der Waals surface area contributed by atoms with Crippen LogP contribution < -0.4 is 38.6 Å². The Bertz CT molecular complexity index is 1240. The molecular formula is C28H38BF3N6O5. The zero-order valence-electron chi connectivity index (χ0n) is 23.5. The van der Waals surface area contributed by atoms with Gasteiger partial charge >= 0.3 is 13.3 Å². The maximum atomic E-state index is 13.2. The van der Waals surface area contributed by atoms with Crippen molar-refractivity contribution in [2.45, 2.75) is 81.3 Å². The molecule has 3 amide bonds. The van der Waals surface area contributed by atoms with Crippen LogP contribution in [0.4, 0.5) is 18.9 Å². The highest BCUT2D eigenvalue weighted by Crippen LogP contribution is 2.29. The van der Waals surface area contributed by atoms with E-state index < -0.39 is 42.8 Å². The van der Waals surface area contributed by atoms with E-state index in [9.17, 15) is 37.6 Å². The minimum absolute atomic E-state index is 0.00777. The number of aryl methyl sites for hydroxylation is 1. The average molecular weight is 606 g/mol. The Hall–Kier alpha value is -3.50. The fraction of sp³-hybridized carbons (Fsp3) is 0.464. The van der Waals surface area contributed by atoms with Gasteiger partial charge in [0.05, 0.1) is 11.6 Å². The Morgan fingerprint density at radius 1 is 0.953 bits per heavy atom. The van der Waals surface area contributed by atoms with Crippen molar-refractivity contribution in [3.63, 3.8) is 0 Å². The van der Waals surface area contributed by atoms with E-state index in [4.69, 9.17) is 17.2 Å². The van der Waals surface area contributed by atoms with Crippen molar-refractivity contribution in [1.29, 1.82) is 0 Å². The van der Waals surface area contributed by atoms with E-state index in [1.54, 1.807) is 0 Å². The predicted octanol–water partition coefficient (Wildman–Crippen LogP) is -0.128. The number of amides is 3. The number of hydrogen-bond acceptors (Lipinski definition) is 8.